The average molecular weight is 195 g/mol. The van der Waals surface area contributed by atoms with Crippen LogP contribution in [-0.2, 0) is 0 Å². The van der Waals surface area contributed by atoms with Crippen LogP contribution in [0, 0.1) is 0 Å². The quantitative estimate of drug-likeness (QED) is 0.749. The maximum Gasteiger partial charge on any atom is 0.169 e. The smallest absolute Gasteiger partial charge is 0.169 e. The molecule has 0 unspecified atom stereocenters. The summed E-state index contributed by atoms with van der Waals surface area (Å²) in [5.74, 6) is 0.128. The molecular weight excluding hydrogens is 182 g/mol. The minimum absolute atomic E-state index is 0.128. The second kappa shape index (κ2) is 4.94. The van der Waals surface area contributed by atoms with E-state index in [0.29, 0.717) is 6.54 Å². The molecule has 0 fully saturated rings. The molecule has 0 saturated carbocycles. The molecule has 1 rings (SSSR count). The Kier molecular flexibility index (Phi) is 3.86. The normalized spacial score (nSPS) is 10.9. The van der Waals surface area contributed by atoms with Gasteiger partial charge >= 0.3 is 0 Å². The molecule has 1 heterocycles. The summed E-state index contributed by atoms with van der Waals surface area (Å²) in [4.78, 5) is 11.8. The van der Waals surface area contributed by atoms with Crippen LogP contribution in [0.5, 0.6) is 0 Å². The van der Waals surface area contributed by atoms with Gasteiger partial charge in [-0.15, -0.1) is 11.3 Å². The van der Waals surface area contributed by atoms with Gasteiger partial charge in [0.2, 0.25) is 0 Å². The summed E-state index contributed by atoms with van der Waals surface area (Å²) >= 11 is 1.48. The van der Waals surface area contributed by atoms with E-state index in [-0.39, 0.29) is 5.78 Å². The Bertz CT molecular complexity index is 314. The van der Waals surface area contributed by atoms with E-state index in [1.54, 1.807) is 6.92 Å². The van der Waals surface area contributed by atoms with E-state index in [9.17, 15) is 4.79 Å². The summed E-state index contributed by atoms with van der Waals surface area (Å²) in [5, 5.41) is 1.98. The molecule has 13 heavy (non-hydrogen) atoms. The number of nitrogens with two attached hydrogens (primary N) is 1. The Labute approximate surface area is 82.1 Å². The van der Waals surface area contributed by atoms with E-state index in [1.807, 2.05) is 23.6 Å². The van der Waals surface area contributed by atoms with Crippen LogP contribution in [0.4, 0.5) is 0 Å². The molecule has 0 aliphatic rings. The van der Waals surface area contributed by atoms with Crippen molar-refractivity contribution in [3.05, 3.63) is 28.0 Å². The highest BCUT2D eigenvalue weighted by Crippen LogP contribution is 2.16. The number of hydrogen-bond acceptors (Lipinski definition) is 3. The van der Waals surface area contributed by atoms with E-state index in [2.05, 4.69) is 0 Å². The molecule has 0 saturated heterocycles. The van der Waals surface area contributed by atoms with Crippen LogP contribution in [-0.4, -0.2) is 12.3 Å². The molecule has 3 heteroatoms. The monoisotopic (exact) mass is 195 g/mol. The zero-order valence-corrected chi connectivity index (χ0v) is 8.43. The van der Waals surface area contributed by atoms with Crippen LogP contribution >= 0.6 is 11.3 Å². The molecule has 0 amide bonds. The largest absolute Gasteiger partial charge is 0.330 e. The minimum Gasteiger partial charge on any atom is -0.330 e. The first-order valence-corrected chi connectivity index (χ1v) is 5.08. The third-order valence-electron chi connectivity index (χ3n) is 1.61. The highest BCUT2D eigenvalue weighted by Gasteiger charge is 2.00. The lowest BCUT2D eigenvalue weighted by Gasteiger charge is -1.85. The molecule has 70 valence electrons. The summed E-state index contributed by atoms with van der Waals surface area (Å²) in [6.07, 6.45) is 4.90. The van der Waals surface area contributed by atoms with E-state index >= 15 is 0 Å². The van der Waals surface area contributed by atoms with Crippen molar-refractivity contribution in [2.75, 3.05) is 6.54 Å². The van der Waals surface area contributed by atoms with Gasteiger partial charge in [0.15, 0.2) is 5.78 Å². The Morgan fingerprint density at radius 1 is 1.69 bits per heavy atom. The van der Waals surface area contributed by atoms with E-state index < -0.39 is 0 Å². The third kappa shape index (κ3) is 3.13. The highest BCUT2D eigenvalue weighted by atomic mass is 32.1. The van der Waals surface area contributed by atoms with Gasteiger partial charge in [0.1, 0.15) is 0 Å². The van der Waals surface area contributed by atoms with Crippen LogP contribution in [0.25, 0.3) is 6.08 Å². The summed E-state index contributed by atoms with van der Waals surface area (Å²) in [6, 6.07) is 1.90. The standard InChI is InChI=1S/C10H13NOS/c1-8(12)10-6-9(7-13-10)4-2-3-5-11/h2,4,6-7H,3,5,11H2,1H3. The van der Waals surface area contributed by atoms with Crippen LogP contribution < -0.4 is 5.73 Å². The molecule has 0 radical (unpaired) electrons. The van der Waals surface area contributed by atoms with Gasteiger partial charge in [0, 0.05) is 0 Å². The lowest BCUT2D eigenvalue weighted by atomic mass is 10.2. The van der Waals surface area contributed by atoms with E-state index in [4.69, 9.17) is 5.73 Å². The zero-order chi connectivity index (χ0) is 9.68. The molecular formula is C10H13NOS. The summed E-state index contributed by atoms with van der Waals surface area (Å²) in [7, 11) is 0. The SMILES string of the molecule is CC(=O)c1cc(C=CCCN)cs1. The number of carbonyl (C=O) groups excluding carboxylic acids is 1. The van der Waals surface area contributed by atoms with Gasteiger partial charge in [-0.05, 0) is 36.9 Å². The fourth-order valence-electron chi connectivity index (χ4n) is 0.939. The van der Waals surface area contributed by atoms with Crippen LogP contribution in [0.2, 0.25) is 0 Å². The maximum absolute atomic E-state index is 11.0. The molecule has 0 aliphatic carbocycles. The fraction of sp³-hybridized carbons (Fsp3) is 0.300. The molecule has 0 aliphatic heterocycles. The van der Waals surface area contributed by atoms with Crippen LogP contribution in [0.15, 0.2) is 17.5 Å². The second-order valence-electron chi connectivity index (χ2n) is 2.78. The van der Waals surface area contributed by atoms with Crippen LogP contribution in [0.3, 0.4) is 0 Å². The van der Waals surface area contributed by atoms with Gasteiger partial charge in [-0.3, -0.25) is 4.79 Å². The maximum atomic E-state index is 11.0. The van der Waals surface area contributed by atoms with Crippen molar-refractivity contribution in [3.63, 3.8) is 0 Å². The third-order valence-corrected chi connectivity index (χ3v) is 2.66. The first kappa shape index (κ1) is 10.2. The lowest BCUT2D eigenvalue weighted by molar-refractivity contribution is 0.102. The van der Waals surface area contributed by atoms with Gasteiger partial charge in [0.25, 0.3) is 0 Å². The van der Waals surface area contributed by atoms with Gasteiger partial charge in [-0.2, -0.15) is 0 Å². The van der Waals surface area contributed by atoms with E-state index in [1.165, 1.54) is 11.3 Å². The minimum atomic E-state index is 0.128. The van der Waals surface area contributed by atoms with Gasteiger partial charge < -0.3 is 5.73 Å². The van der Waals surface area contributed by atoms with Crippen molar-refractivity contribution in [1.82, 2.24) is 0 Å². The Morgan fingerprint density at radius 3 is 3.00 bits per heavy atom. The van der Waals surface area contributed by atoms with Crippen molar-refractivity contribution in [3.8, 4) is 0 Å². The number of rotatable bonds is 4. The lowest BCUT2D eigenvalue weighted by Crippen LogP contribution is -1.94. The van der Waals surface area contributed by atoms with Gasteiger partial charge in [-0.25, -0.2) is 0 Å². The van der Waals surface area contributed by atoms with Crippen molar-refractivity contribution in [2.45, 2.75) is 13.3 Å². The van der Waals surface area contributed by atoms with Gasteiger partial charge in [-0.1, -0.05) is 12.2 Å². The molecule has 1 aromatic rings. The Hall–Kier alpha value is -0.930. The van der Waals surface area contributed by atoms with Crippen molar-refractivity contribution in [2.24, 2.45) is 5.73 Å². The summed E-state index contributed by atoms with van der Waals surface area (Å²) in [5.41, 5.74) is 6.43. The first-order chi connectivity index (χ1) is 6.24. The van der Waals surface area contributed by atoms with Crippen molar-refractivity contribution in [1.29, 1.82) is 0 Å². The summed E-state index contributed by atoms with van der Waals surface area (Å²) < 4.78 is 0. The molecule has 0 aromatic carbocycles. The van der Waals surface area contributed by atoms with Crippen molar-refractivity contribution >= 4 is 23.2 Å². The van der Waals surface area contributed by atoms with Crippen molar-refractivity contribution < 1.29 is 4.79 Å². The molecule has 0 spiro atoms. The predicted molar refractivity (Wildman–Crippen MR) is 57.0 cm³/mol. The summed E-state index contributed by atoms with van der Waals surface area (Å²) in [6.45, 7) is 2.25. The van der Waals surface area contributed by atoms with Gasteiger partial charge in [0.05, 0.1) is 4.88 Å². The molecule has 1 aromatic heterocycles. The number of carbonyl (C=O) groups is 1. The molecule has 0 atom stereocenters. The molecule has 2 N–H and O–H groups in total. The Balaban J connectivity index is 2.64. The average Bonchev–Trinajstić information content (AvgIpc) is 2.53. The van der Waals surface area contributed by atoms with E-state index in [0.717, 1.165) is 16.9 Å². The first-order valence-electron chi connectivity index (χ1n) is 4.20. The molecule has 0 bridgehead atoms. The predicted octanol–water partition coefficient (Wildman–Crippen LogP) is 2.31. The second-order valence-corrected chi connectivity index (χ2v) is 3.69. The van der Waals surface area contributed by atoms with Crippen LogP contribution in [0.1, 0.15) is 28.6 Å². The number of Topliss-reactive ketones (excluding diaryl/α,β-unsaturated/α-hetero) is 1. The Morgan fingerprint density at radius 2 is 2.46 bits per heavy atom. The topological polar surface area (TPSA) is 43.1 Å². The number of thiophene rings is 1. The number of ketones is 1. The highest BCUT2D eigenvalue weighted by molar-refractivity contribution is 7.12. The zero-order valence-electron chi connectivity index (χ0n) is 7.62. The molecule has 2 nitrogen and oxygen atoms in total. The number of hydrogen-bond donors (Lipinski definition) is 1. The fourth-order valence-corrected chi connectivity index (χ4v) is 1.72.